The van der Waals surface area contributed by atoms with Gasteiger partial charge in [0, 0.05) is 6.54 Å². The molecule has 0 spiro atoms. The number of hydrogen-bond acceptors (Lipinski definition) is 2. The number of halogens is 3. The van der Waals surface area contributed by atoms with E-state index in [1.54, 1.807) is 0 Å². The summed E-state index contributed by atoms with van der Waals surface area (Å²) < 4.78 is 34.6. The summed E-state index contributed by atoms with van der Waals surface area (Å²) in [5.74, 6) is 2.08. The maximum absolute atomic E-state index is 11.5. The Bertz CT molecular complexity index is 149. The van der Waals surface area contributed by atoms with Crippen molar-refractivity contribution >= 4 is 0 Å². The van der Waals surface area contributed by atoms with Crippen molar-refractivity contribution in [3.8, 4) is 12.3 Å². The Morgan fingerprint density at radius 2 is 2.09 bits per heavy atom. The fraction of sp³-hybridized carbons (Fsp3) is 0.667. The van der Waals surface area contributed by atoms with Crippen LogP contribution in [0, 0.1) is 12.3 Å². The van der Waals surface area contributed by atoms with Gasteiger partial charge in [-0.05, 0) is 0 Å². The molecule has 0 fully saturated rings. The minimum Gasteiger partial charge on any atom is -0.382 e. The molecule has 0 heterocycles. The van der Waals surface area contributed by atoms with Crippen molar-refractivity contribution in [2.24, 2.45) is 0 Å². The smallest absolute Gasteiger partial charge is 0.382 e. The molecular formula is C6H8F3NO. The molecule has 5 heteroatoms. The largest absolute Gasteiger partial charge is 0.415 e. The second-order valence-electron chi connectivity index (χ2n) is 1.89. The molecule has 1 unspecified atom stereocenters. The number of rotatable bonds is 3. The van der Waals surface area contributed by atoms with Gasteiger partial charge in [0.15, 0.2) is 6.10 Å². The lowest BCUT2D eigenvalue weighted by molar-refractivity contribution is -0.201. The number of alkyl halides is 3. The molecule has 0 aromatic heterocycles. The first kappa shape index (κ1) is 10.3. The predicted molar refractivity (Wildman–Crippen MR) is 33.8 cm³/mol. The van der Waals surface area contributed by atoms with Gasteiger partial charge in [0.1, 0.15) is 0 Å². The molecule has 0 aromatic carbocycles. The lowest BCUT2D eigenvalue weighted by Gasteiger charge is -2.13. The van der Waals surface area contributed by atoms with Crippen LogP contribution in [0.5, 0.6) is 0 Å². The molecule has 64 valence electrons. The maximum atomic E-state index is 11.5. The molecule has 11 heavy (non-hydrogen) atoms. The molecular weight excluding hydrogens is 159 g/mol. The molecule has 0 radical (unpaired) electrons. The monoisotopic (exact) mass is 167 g/mol. The Morgan fingerprint density at radius 3 is 2.45 bits per heavy atom. The normalized spacial score (nSPS) is 14.1. The predicted octanol–water partition coefficient (Wildman–Crippen LogP) is 0.132. The molecule has 0 aromatic rings. The van der Waals surface area contributed by atoms with E-state index in [1.165, 1.54) is 0 Å². The Kier molecular flexibility index (Phi) is 3.93. The van der Waals surface area contributed by atoms with E-state index in [0.29, 0.717) is 0 Å². The average Bonchev–Trinajstić information content (AvgIpc) is 1.86. The van der Waals surface area contributed by atoms with Crippen LogP contribution in [-0.2, 0) is 0 Å². The fourth-order valence-corrected chi connectivity index (χ4v) is 0.397. The summed E-state index contributed by atoms with van der Waals surface area (Å²) in [5.41, 5.74) is 0. The number of terminal acetylenes is 1. The van der Waals surface area contributed by atoms with Crippen LogP contribution >= 0.6 is 0 Å². The molecule has 0 saturated carbocycles. The maximum Gasteiger partial charge on any atom is 0.415 e. The zero-order valence-electron chi connectivity index (χ0n) is 5.65. The zero-order valence-corrected chi connectivity index (χ0v) is 5.65. The minimum atomic E-state index is -4.57. The van der Waals surface area contributed by atoms with Crippen molar-refractivity contribution in [2.75, 3.05) is 13.1 Å². The number of hydrogen-bond donors (Lipinski definition) is 2. The van der Waals surface area contributed by atoms with Crippen molar-refractivity contribution in [3.05, 3.63) is 0 Å². The van der Waals surface area contributed by atoms with Crippen LogP contribution in [0.1, 0.15) is 0 Å². The molecule has 1 atom stereocenters. The highest BCUT2D eigenvalue weighted by molar-refractivity contribution is 4.87. The quantitative estimate of drug-likeness (QED) is 0.462. The zero-order chi connectivity index (χ0) is 8.91. The van der Waals surface area contributed by atoms with Crippen molar-refractivity contribution in [1.82, 2.24) is 5.32 Å². The van der Waals surface area contributed by atoms with Gasteiger partial charge in [-0.2, -0.15) is 13.2 Å². The summed E-state index contributed by atoms with van der Waals surface area (Å²) in [6.07, 6.45) is -2.16. The van der Waals surface area contributed by atoms with Gasteiger partial charge in [-0.25, -0.2) is 0 Å². The van der Waals surface area contributed by atoms with E-state index in [-0.39, 0.29) is 6.54 Å². The third-order valence-corrected chi connectivity index (χ3v) is 0.943. The summed E-state index contributed by atoms with van der Waals surface area (Å²) in [6, 6.07) is 0. The van der Waals surface area contributed by atoms with Gasteiger partial charge in [-0.3, -0.25) is 0 Å². The van der Waals surface area contributed by atoms with Crippen molar-refractivity contribution in [2.45, 2.75) is 12.3 Å². The van der Waals surface area contributed by atoms with Crippen LogP contribution in [0.2, 0.25) is 0 Å². The van der Waals surface area contributed by atoms with Gasteiger partial charge < -0.3 is 10.4 Å². The van der Waals surface area contributed by atoms with Gasteiger partial charge >= 0.3 is 6.18 Å². The second-order valence-corrected chi connectivity index (χ2v) is 1.89. The molecule has 0 saturated heterocycles. The van der Waals surface area contributed by atoms with E-state index >= 15 is 0 Å². The Morgan fingerprint density at radius 1 is 1.55 bits per heavy atom. The SMILES string of the molecule is C#CCNCC(O)C(F)(F)F. The summed E-state index contributed by atoms with van der Waals surface area (Å²) in [4.78, 5) is 0. The minimum absolute atomic E-state index is 0.0210. The van der Waals surface area contributed by atoms with Crippen LogP contribution in [0.15, 0.2) is 0 Å². The number of nitrogens with one attached hydrogen (secondary N) is 1. The van der Waals surface area contributed by atoms with E-state index in [1.807, 2.05) is 0 Å². The highest BCUT2D eigenvalue weighted by Gasteiger charge is 2.37. The van der Waals surface area contributed by atoms with Crippen LogP contribution in [-0.4, -0.2) is 30.5 Å². The average molecular weight is 167 g/mol. The van der Waals surface area contributed by atoms with E-state index < -0.39 is 18.8 Å². The molecule has 0 rings (SSSR count). The summed E-state index contributed by atoms with van der Waals surface area (Å²) >= 11 is 0. The van der Waals surface area contributed by atoms with Crippen LogP contribution in [0.25, 0.3) is 0 Å². The van der Waals surface area contributed by atoms with Crippen LogP contribution in [0.4, 0.5) is 13.2 Å². The van der Waals surface area contributed by atoms with Gasteiger partial charge in [-0.15, -0.1) is 6.42 Å². The van der Waals surface area contributed by atoms with Crippen molar-refractivity contribution in [1.29, 1.82) is 0 Å². The molecule has 0 aliphatic heterocycles. The molecule has 0 amide bonds. The molecule has 0 aliphatic carbocycles. The Balaban J connectivity index is 3.55. The van der Waals surface area contributed by atoms with Crippen molar-refractivity contribution in [3.63, 3.8) is 0 Å². The first-order valence-corrected chi connectivity index (χ1v) is 2.87. The molecule has 0 aliphatic rings. The first-order chi connectivity index (χ1) is 4.98. The summed E-state index contributed by atoms with van der Waals surface area (Å²) in [5, 5.41) is 10.6. The fourth-order valence-electron chi connectivity index (χ4n) is 0.397. The highest BCUT2D eigenvalue weighted by Crippen LogP contribution is 2.18. The highest BCUT2D eigenvalue weighted by atomic mass is 19.4. The van der Waals surface area contributed by atoms with E-state index in [2.05, 4.69) is 11.2 Å². The number of aliphatic hydroxyl groups excluding tert-OH is 1. The van der Waals surface area contributed by atoms with Crippen molar-refractivity contribution < 1.29 is 18.3 Å². The Labute approximate surface area is 62.4 Å². The summed E-state index contributed by atoms with van der Waals surface area (Å²) in [6.45, 7) is -0.541. The lowest BCUT2D eigenvalue weighted by Crippen LogP contribution is -2.38. The van der Waals surface area contributed by atoms with Gasteiger partial charge in [0.05, 0.1) is 6.54 Å². The van der Waals surface area contributed by atoms with Crippen LogP contribution < -0.4 is 5.32 Å². The molecule has 0 bridgehead atoms. The Hall–Kier alpha value is -0.730. The third kappa shape index (κ3) is 4.65. The van der Waals surface area contributed by atoms with Gasteiger partial charge in [-0.1, -0.05) is 5.92 Å². The van der Waals surface area contributed by atoms with Gasteiger partial charge in [0.25, 0.3) is 0 Å². The van der Waals surface area contributed by atoms with Gasteiger partial charge in [0.2, 0.25) is 0 Å². The lowest BCUT2D eigenvalue weighted by atomic mass is 10.3. The molecule has 2 nitrogen and oxygen atoms in total. The number of aliphatic hydroxyl groups is 1. The van der Waals surface area contributed by atoms with Crippen LogP contribution in [0.3, 0.4) is 0 Å². The van der Waals surface area contributed by atoms with E-state index in [0.717, 1.165) is 0 Å². The summed E-state index contributed by atoms with van der Waals surface area (Å²) in [7, 11) is 0. The standard InChI is InChI=1S/C6H8F3NO/c1-2-3-10-4-5(11)6(7,8)9/h1,5,10-11H,3-4H2. The van der Waals surface area contributed by atoms with E-state index in [4.69, 9.17) is 11.5 Å². The van der Waals surface area contributed by atoms with E-state index in [9.17, 15) is 13.2 Å². The third-order valence-electron chi connectivity index (χ3n) is 0.943. The topological polar surface area (TPSA) is 32.3 Å². The molecule has 2 N–H and O–H groups in total. The first-order valence-electron chi connectivity index (χ1n) is 2.87. The second kappa shape index (κ2) is 4.21.